The predicted octanol–water partition coefficient (Wildman–Crippen LogP) is 6.99. The Morgan fingerprint density at radius 2 is 1.24 bits per heavy atom. The molecular weight excluding hydrogens is 422 g/mol. The van der Waals surface area contributed by atoms with Crippen LogP contribution in [0.5, 0.6) is 0 Å². The van der Waals surface area contributed by atoms with Gasteiger partial charge in [0.15, 0.2) is 11.6 Å². The summed E-state index contributed by atoms with van der Waals surface area (Å²) in [5.74, 6) is 0.410. The fourth-order valence-corrected chi connectivity index (χ4v) is 3.63. The van der Waals surface area contributed by atoms with Gasteiger partial charge in [0.05, 0.1) is 11.3 Å². The van der Waals surface area contributed by atoms with Crippen molar-refractivity contribution in [3.63, 3.8) is 0 Å². The molecule has 0 saturated heterocycles. The van der Waals surface area contributed by atoms with Gasteiger partial charge in [-0.2, -0.15) is 0 Å². The summed E-state index contributed by atoms with van der Waals surface area (Å²) in [5.41, 5.74) is 4.75. The maximum absolute atomic E-state index is 11.4. The quantitative estimate of drug-likeness (QED) is 0.315. The Hall–Kier alpha value is -4.51. The highest BCUT2D eigenvalue weighted by Gasteiger charge is 2.15. The first-order chi connectivity index (χ1) is 16.7. The van der Waals surface area contributed by atoms with E-state index in [0.717, 1.165) is 33.8 Å². The number of aromatic carboxylic acids is 1. The first-order valence-corrected chi connectivity index (χ1v) is 11.2. The molecule has 1 N–H and O–H groups in total. The number of carboxylic acid groups (broad SMARTS) is 1. The number of hydrogen-bond acceptors (Lipinski definition) is 3. The van der Waals surface area contributed by atoms with Crippen LogP contribution in [-0.2, 0) is 0 Å². The molecule has 0 spiro atoms. The van der Waals surface area contributed by atoms with Crippen LogP contribution in [-0.4, -0.2) is 25.8 Å². The summed E-state index contributed by atoms with van der Waals surface area (Å²) in [5, 5.41) is 14.1. The van der Waals surface area contributed by atoms with Crippen LogP contribution in [0.25, 0.3) is 39.6 Å². The van der Waals surface area contributed by atoms with E-state index in [1.165, 1.54) is 0 Å². The van der Waals surface area contributed by atoms with E-state index in [1.807, 2.05) is 110 Å². The summed E-state index contributed by atoms with van der Waals surface area (Å²) >= 11 is 0. The Labute approximate surface area is 199 Å². The highest BCUT2D eigenvalue weighted by atomic mass is 16.4. The third-order valence-corrected chi connectivity index (χ3v) is 5.20. The van der Waals surface area contributed by atoms with Crippen LogP contribution in [0.1, 0.15) is 24.2 Å². The standard InChI is InChI=1S/C27H19N3O2.C2H6/c31-27(32)23-14-8-12-21(18-23)20-11-7-13-22(17-20)25-28-26(19-9-3-1-4-10-19)30(29-25)24-15-5-2-6-16-24;1-2/h1-18H,(H,31,32);1-2H3. The number of carbonyl (C=O) groups is 1. The van der Waals surface area contributed by atoms with Gasteiger partial charge in [-0.15, -0.1) is 5.10 Å². The predicted molar refractivity (Wildman–Crippen MR) is 136 cm³/mol. The number of carboxylic acids is 1. The maximum Gasteiger partial charge on any atom is 0.335 e. The molecule has 5 nitrogen and oxygen atoms in total. The van der Waals surface area contributed by atoms with Crippen molar-refractivity contribution in [2.75, 3.05) is 0 Å². The van der Waals surface area contributed by atoms with Crippen LogP contribution in [0.4, 0.5) is 0 Å². The lowest BCUT2D eigenvalue weighted by molar-refractivity contribution is 0.0697. The SMILES string of the molecule is CC.O=C(O)c1cccc(-c2cccc(-c3nc(-c4ccccc4)n(-c4ccccc4)n3)c2)c1. The summed E-state index contributed by atoms with van der Waals surface area (Å²) in [6, 6.07) is 34.6. The van der Waals surface area contributed by atoms with Crippen LogP contribution in [0.2, 0.25) is 0 Å². The van der Waals surface area contributed by atoms with Crippen LogP contribution in [0.3, 0.4) is 0 Å². The molecule has 5 aromatic rings. The fourth-order valence-electron chi connectivity index (χ4n) is 3.63. The molecule has 0 amide bonds. The van der Waals surface area contributed by atoms with Crippen LogP contribution >= 0.6 is 0 Å². The Morgan fingerprint density at radius 3 is 1.91 bits per heavy atom. The van der Waals surface area contributed by atoms with Crippen LogP contribution in [0, 0.1) is 0 Å². The van der Waals surface area contributed by atoms with Crippen molar-refractivity contribution in [2.24, 2.45) is 0 Å². The molecule has 0 radical (unpaired) electrons. The van der Waals surface area contributed by atoms with E-state index < -0.39 is 5.97 Å². The first kappa shape index (κ1) is 22.7. The molecule has 0 atom stereocenters. The minimum atomic E-state index is -0.946. The molecule has 0 bridgehead atoms. The van der Waals surface area contributed by atoms with Crippen molar-refractivity contribution in [2.45, 2.75) is 13.8 Å². The Bertz CT molecular complexity index is 1340. The third-order valence-electron chi connectivity index (χ3n) is 5.20. The minimum absolute atomic E-state index is 0.255. The number of nitrogens with zero attached hydrogens (tertiary/aromatic N) is 3. The lowest BCUT2D eigenvalue weighted by Crippen LogP contribution is -1.99. The average Bonchev–Trinajstić information content (AvgIpc) is 3.37. The van der Waals surface area contributed by atoms with E-state index in [0.29, 0.717) is 5.82 Å². The summed E-state index contributed by atoms with van der Waals surface area (Å²) < 4.78 is 1.85. The average molecular weight is 448 g/mol. The third kappa shape index (κ3) is 4.79. The van der Waals surface area contributed by atoms with Crippen molar-refractivity contribution in [3.05, 3.63) is 115 Å². The van der Waals surface area contributed by atoms with Gasteiger partial charge < -0.3 is 5.11 Å². The number of rotatable bonds is 5. The number of benzene rings is 4. The number of para-hydroxylation sites is 1. The largest absolute Gasteiger partial charge is 0.478 e. The molecule has 0 unspecified atom stereocenters. The summed E-state index contributed by atoms with van der Waals surface area (Å²) in [7, 11) is 0. The molecule has 0 aliphatic carbocycles. The van der Waals surface area contributed by atoms with E-state index in [-0.39, 0.29) is 5.56 Å². The second-order valence-corrected chi connectivity index (χ2v) is 7.34. The highest BCUT2D eigenvalue weighted by molar-refractivity contribution is 5.89. The topological polar surface area (TPSA) is 68.0 Å². The van der Waals surface area contributed by atoms with E-state index in [1.54, 1.807) is 18.2 Å². The van der Waals surface area contributed by atoms with Crippen molar-refractivity contribution >= 4 is 5.97 Å². The van der Waals surface area contributed by atoms with Gasteiger partial charge in [-0.1, -0.05) is 92.7 Å². The first-order valence-electron chi connectivity index (χ1n) is 11.2. The van der Waals surface area contributed by atoms with Crippen molar-refractivity contribution < 1.29 is 9.90 Å². The minimum Gasteiger partial charge on any atom is -0.478 e. The second kappa shape index (κ2) is 10.4. The van der Waals surface area contributed by atoms with Gasteiger partial charge in [0.1, 0.15) is 0 Å². The van der Waals surface area contributed by atoms with E-state index >= 15 is 0 Å². The summed E-state index contributed by atoms with van der Waals surface area (Å²) in [6.45, 7) is 4.00. The van der Waals surface area contributed by atoms with Gasteiger partial charge in [-0.3, -0.25) is 0 Å². The molecule has 0 saturated carbocycles. The molecule has 0 fully saturated rings. The van der Waals surface area contributed by atoms with Gasteiger partial charge in [-0.25, -0.2) is 14.5 Å². The number of hydrogen-bond donors (Lipinski definition) is 1. The zero-order valence-electron chi connectivity index (χ0n) is 19.1. The normalized spacial score (nSPS) is 10.3. The molecule has 0 aliphatic rings. The zero-order valence-corrected chi connectivity index (χ0v) is 19.1. The summed E-state index contributed by atoms with van der Waals surface area (Å²) in [4.78, 5) is 16.2. The van der Waals surface area contributed by atoms with Crippen molar-refractivity contribution in [1.29, 1.82) is 0 Å². The zero-order chi connectivity index (χ0) is 23.9. The maximum atomic E-state index is 11.4. The molecule has 5 heteroatoms. The monoisotopic (exact) mass is 447 g/mol. The summed E-state index contributed by atoms with van der Waals surface area (Å²) in [6.07, 6.45) is 0. The van der Waals surface area contributed by atoms with E-state index in [4.69, 9.17) is 10.1 Å². The molecule has 34 heavy (non-hydrogen) atoms. The van der Waals surface area contributed by atoms with Gasteiger partial charge in [-0.05, 0) is 41.5 Å². The molecule has 0 aliphatic heterocycles. The Morgan fingerprint density at radius 1 is 0.676 bits per heavy atom. The highest BCUT2D eigenvalue weighted by Crippen LogP contribution is 2.28. The molecule has 4 aromatic carbocycles. The molecule has 1 aromatic heterocycles. The lowest BCUT2D eigenvalue weighted by atomic mass is 10.0. The second-order valence-electron chi connectivity index (χ2n) is 7.34. The van der Waals surface area contributed by atoms with E-state index in [2.05, 4.69) is 0 Å². The van der Waals surface area contributed by atoms with Crippen LogP contribution < -0.4 is 0 Å². The fraction of sp³-hybridized carbons (Fsp3) is 0.0690. The van der Waals surface area contributed by atoms with Gasteiger partial charge in [0.25, 0.3) is 0 Å². The van der Waals surface area contributed by atoms with Gasteiger partial charge in [0.2, 0.25) is 0 Å². The van der Waals surface area contributed by atoms with E-state index in [9.17, 15) is 9.90 Å². The van der Waals surface area contributed by atoms with Crippen molar-refractivity contribution in [1.82, 2.24) is 14.8 Å². The van der Waals surface area contributed by atoms with Crippen molar-refractivity contribution in [3.8, 4) is 39.6 Å². The van der Waals surface area contributed by atoms with Gasteiger partial charge >= 0.3 is 5.97 Å². The molecule has 5 rings (SSSR count). The Kier molecular flexibility index (Phi) is 6.94. The molecule has 168 valence electrons. The van der Waals surface area contributed by atoms with Crippen LogP contribution in [0.15, 0.2) is 109 Å². The molecule has 1 heterocycles. The molecular formula is C29H25N3O2. The Balaban J connectivity index is 0.00000133. The number of aromatic nitrogens is 3. The lowest BCUT2D eigenvalue weighted by Gasteiger charge is -2.05. The smallest absolute Gasteiger partial charge is 0.335 e. The van der Waals surface area contributed by atoms with Gasteiger partial charge in [0, 0.05) is 11.1 Å².